The van der Waals surface area contributed by atoms with Gasteiger partial charge in [-0.3, -0.25) is 0 Å². The van der Waals surface area contributed by atoms with Crippen molar-refractivity contribution in [1.82, 2.24) is 14.2 Å². The number of anilines is 1. The minimum absolute atomic E-state index is 0.127. The second kappa shape index (κ2) is 6.93. The summed E-state index contributed by atoms with van der Waals surface area (Å²) in [5.41, 5.74) is 0.630. The van der Waals surface area contributed by atoms with Crippen LogP contribution in [0.4, 0.5) is 14.6 Å². The molecule has 1 aromatic carbocycles. The predicted octanol–water partition coefficient (Wildman–Crippen LogP) is 3.81. The maximum atomic E-state index is 14.4. The van der Waals surface area contributed by atoms with Crippen molar-refractivity contribution in [3.05, 3.63) is 58.4 Å². The molecule has 3 aromatic rings. The van der Waals surface area contributed by atoms with Crippen LogP contribution in [-0.4, -0.2) is 29.1 Å². The molecule has 0 amide bonds. The Labute approximate surface area is 165 Å². The van der Waals surface area contributed by atoms with Crippen molar-refractivity contribution in [2.45, 2.75) is 36.9 Å². The zero-order valence-electron chi connectivity index (χ0n) is 15.3. The largest absolute Gasteiger partial charge is 0.349 e. The molecule has 148 valence electrons. The Morgan fingerprint density at radius 1 is 1.21 bits per heavy atom. The first kappa shape index (κ1) is 19.0. The average molecular weight is 424 g/mol. The summed E-state index contributed by atoms with van der Waals surface area (Å²) in [4.78, 5) is 5.96. The third-order valence-electron chi connectivity index (χ3n) is 4.78. The standard InChI is InChI=1S/C18H18F2N4O2S2/c1-11-18(27-12(2)22-11)28(25,26)24-17(7-8-21-24)23-9-3-4-16(23)14-10-13(19)5-6-15(14)20/h5-8,10,16H,3-4,9H2,1-2H3/t16-/m1/s1. The lowest BCUT2D eigenvalue weighted by Crippen LogP contribution is -2.28. The zero-order chi connectivity index (χ0) is 20.1. The Balaban J connectivity index is 1.78. The van der Waals surface area contributed by atoms with E-state index in [0.717, 1.165) is 34.0 Å². The monoisotopic (exact) mass is 424 g/mol. The van der Waals surface area contributed by atoms with E-state index in [0.29, 0.717) is 29.5 Å². The van der Waals surface area contributed by atoms with Crippen LogP contribution < -0.4 is 4.90 Å². The summed E-state index contributed by atoms with van der Waals surface area (Å²) in [6.07, 6.45) is 2.71. The molecule has 6 nitrogen and oxygen atoms in total. The molecule has 3 heterocycles. The molecule has 1 fully saturated rings. The summed E-state index contributed by atoms with van der Waals surface area (Å²) in [7, 11) is -3.95. The number of thiazole rings is 1. The SMILES string of the molecule is Cc1nc(C)c(S(=O)(=O)n2nccc2N2CCC[C@@H]2c2cc(F)ccc2F)s1. The Bertz CT molecular complexity index is 1140. The van der Waals surface area contributed by atoms with Crippen LogP contribution in [0.5, 0.6) is 0 Å². The molecule has 1 aliphatic rings. The van der Waals surface area contributed by atoms with Gasteiger partial charge in [-0.2, -0.15) is 13.5 Å². The van der Waals surface area contributed by atoms with Crippen LogP contribution in [-0.2, 0) is 10.0 Å². The molecule has 1 saturated heterocycles. The van der Waals surface area contributed by atoms with Crippen molar-refractivity contribution >= 4 is 27.2 Å². The third kappa shape index (κ3) is 3.10. The lowest BCUT2D eigenvalue weighted by molar-refractivity contribution is 0.557. The van der Waals surface area contributed by atoms with Gasteiger partial charge in [0.25, 0.3) is 10.0 Å². The van der Waals surface area contributed by atoms with Gasteiger partial charge in [0.1, 0.15) is 17.5 Å². The van der Waals surface area contributed by atoms with Crippen LogP contribution in [0.1, 0.15) is 35.1 Å². The van der Waals surface area contributed by atoms with Crippen molar-refractivity contribution in [3.8, 4) is 0 Å². The summed E-state index contributed by atoms with van der Waals surface area (Å²) in [5.74, 6) is -0.710. The van der Waals surface area contributed by atoms with E-state index in [1.54, 1.807) is 24.8 Å². The summed E-state index contributed by atoms with van der Waals surface area (Å²) < 4.78 is 55.5. The molecule has 0 radical (unpaired) electrons. The van der Waals surface area contributed by atoms with Gasteiger partial charge in [0.2, 0.25) is 0 Å². The number of nitrogens with zero attached hydrogens (tertiary/aromatic N) is 4. The highest BCUT2D eigenvalue weighted by Crippen LogP contribution is 2.38. The van der Waals surface area contributed by atoms with Gasteiger partial charge in [-0.15, -0.1) is 15.4 Å². The van der Waals surface area contributed by atoms with Crippen LogP contribution in [0.2, 0.25) is 0 Å². The molecule has 0 N–H and O–H groups in total. The van der Waals surface area contributed by atoms with Crippen LogP contribution >= 0.6 is 11.3 Å². The predicted molar refractivity (Wildman–Crippen MR) is 102 cm³/mol. The Morgan fingerprint density at radius 3 is 2.71 bits per heavy atom. The molecule has 10 heteroatoms. The summed E-state index contributed by atoms with van der Waals surface area (Å²) in [6, 6.07) is 4.45. The Hall–Kier alpha value is -2.33. The van der Waals surface area contributed by atoms with E-state index < -0.39 is 27.7 Å². The van der Waals surface area contributed by atoms with Gasteiger partial charge >= 0.3 is 0 Å². The Morgan fingerprint density at radius 2 is 2.00 bits per heavy atom. The number of rotatable bonds is 4. The summed E-state index contributed by atoms with van der Waals surface area (Å²) in [5, 5.41) is 4.67. The van der Waals surface area contributed by atoms with E-state index in [1.165, 1.54) is 12.3 Å². The molecule has 1 atom stereocenters. The zero-order valence-corrected chi connectivity index (χ0v) is 16.9. The minimum Gasteiger partial charge on any atom is -0.349 e. The average Bonchev–Trinajstić information content (AvgIpc) is 3.35. The molecule has 0 bridgehead atoms. The topological polar surface area (TPSA) is 68.1 Å². The van der Waals surface area contributed by atoms with Crippen molar-refractivity contribution < 1.29 is 17.2 Å². The van der Waals surface area contributed by atoms with Gasteiger partial charge in [-0.1, -0.05) is 0 Å². The first-order valence-corrected chi connectivity index (χ1v) is 11.0. The maximum Gasteiger partial charge on any atom is 0.296 e. The van der Waals surface area contributed by atoms with E-state index in [-0.39, 0.29) is 9.77 Å². The summed E-state index contributed by atoms with van der Waals surface area (Å²) >= 11 is 1.08. The molecule has 28 heavy (non-hydrogen) atoms. The number of aryl methyl sites for hydroxylation is 2. The number of aromatic nitrogens is 3. The number of benzene rings is 1. The molecule has 2 aromatic heterocycles. The second-order valence-electron chi connectivity index (χ2n) is 6.66. The quantitative estimate of drug-likeness (QED) is 0.637. The molecule has 0 saturated carbocycles. The highest BCUT2D eigenvalue weighted by atomic mass is 32.2. The first-order valence-electron chi connectivity index (χ1n) is 8.74. The number of halogens is 2. The number of hydrogen-bond acceptors (Lipinski definition) is 6. The second-order valence-corrected chi connectivity index (χ2v) is 9.83. The normalized spacial score (nSPS) is 17.4. The lowest BCUT2D eigenvalue weighted by Gasteiger charge is -2.27. The molecule has 4 rings (SSSR count). The van der Waals surface area contributed by atoms with Gasteiger partial charge in [-0.05, 0) is 44.9 Å². The molecule has 0 aliphatic carbocycles. The van der Waals surface area contributed by atoms with Crippen LogP contribution in [0.3, 0.4) is 0 Å². The van der Waals surface area contributed by atoms with Gasteiger partial charge < -0.3 is 4.90 Å². The Kier molecular flexibility index (Phi) is 4.70. The first-order chi connectivity index (χ1) is 13.3. The van der Waals surface area contributed by atoms with Gasteiger partial charge in [0.15, 0.2) is 4.21 Å². The highest BCUT2D eigenvalue weighted by Gasteiger charge is 2.34. The fourth-order valence-electron chi connectivity index (χ4n) is 3.64. The van der Waals surface area contributed by atoms with E-state index >= 15 is 0 Å². The fraction of sp³-hybridized carbons (Fsp3) is 0.333. The van der Waals surface area contributed by atoms with E-state index in [2.05, 4.69) is 10.1 Å². The van der Waals surface area contributed by atoms with Crippen LogP contribution in [0.25, 0.3) is 0 Å². The molecular weight excluding hydrogens is 406 g/mol. The summed E-state index contributed by atoms with van der Waals surface area (Å²) in [6.45, 7) is 3.90. The van der Waals surface area contributed by atoms with Crippen LogP contribution in [0, 0.1) is 25.5 Å². The fourth-order valence-corrected chi connectivity index (χ4v) is 6.44. The minimum atomic E-state index is -3.95. The third-order valence-corrected chi connectivity index (χ3v) is 8.03. The van der Waals surface area contributed by atoms with Gasteiger partial charge in [0, 0.05) is 18.2 Å². The smallest absolute Gasteiger partial charge is 0.296 e. The molecular formula is C18H18F2N4O2S2. The van der Waals surface area contributed by atoms with Gasteiger partial charge in [0.05, 0.1) is 22.9 Å². The van der Waals surface area contributed by atoms with Crippen molar-refractivity contribution in [2.75, 3.05) is 11.4 Å². The number of hydrogen-bond donors (Lipinski definition) is 0. The van der Waals surface area contributed by atoms with Gasteiger partial charge in [-0.25, -0.2) is 13.8 Å². The van der Waals surface area contributed by atoms with Crippen molar-refractivity contribution in [2.24, 2.45) is 0 Å². The van der Waals surface area contributed by atoms with E-state index in [9.17, 15) is 17.2 Å². The highest BCUT2D eigenvalue weighted by molar-refractivity contribution is 7.92. The maximum absolute atomic E-state index is 14.4. The molecule has 1 aliphatic heterocycles. The van der Waals surface area contributed by atoms with Crippen LogP contribution in [0.15, 0.2) is 34.7 Å². The van der Waals surface area contributed by atoms with E-state index in [4.69, 9.17) is 0 Å². The van der Waals surface area contributed by atoms with Crippen molar-refractivity contribution in [3.63, 3.8) is 0 Å². The lowest BCUT2D eigenvalue weighted by atomic mass is 10.0. The van der Waals surface area contributed by atoms with E-state index in [1.807, 2.05) is 0 Å². The molecule has 0 spiro atoms. The van der Waals surface area contributed by atoms with Crippen molar-refractivity contribution in [1.29, 1.82) is 0 Å². The molecule has 0 unspecified atom stereocenters.